The van der Waals surface area contributed by atoms with Gasteiger partial charge in [0.1, 0.15) is 11.8 Å². The molecule has 4 heteroatoms. The van der Waals surface area contributed by atoms with E-state index in [1.807, 2.05) is 35.8 Å². The van der Waals surface area contributed by atoms with Crippen molar-refractivity contribution in [3.05, 3.63) is 52.3 Å². The summed E-state index contributed by atoms with van der Waals surface area (Å²) in [5, 5.41) is 9.76. The maximum atomic E-state index is 9.05. The van der Waals surface area contributed by atoms with E-state index in [-0.39, 0.29) is 0 Å². The van der Waals surface area contributed by atoms with Crippen LogP contribution in [-0.4, -0.2) is 4.57 Å². The van der Waals surface area contributed by atoms with Gasteiger partial charge in [-0.1, -0.05) is 23.7 Å². The fraction of sp³-hybridized carbons (Fsp3) is 0.214. The van der Waals surface area contributed by atoms with Crippen molar-refractivity contribution in [2.75, 3.05) is 5.73 Å². The van der Waals surface area contributed by atoms with Crippen LogP contribution in [0.1, 0.15) is 23.9 Å². The van der Waals surface area contributed by atoms with Gasteiger partial charge in [0, 0.05) is 23.7 Å². The minimum absolute atomic E-state index is 0.604. The Morgan fingerprint density at radius 3 is 2.78 bits per heavy atom. The van der Waals surface area contributed by atoms with Gasteiger partial charge in [0.2, 0.25) is 0 Å². The number of anilines is 1. The Morgan fingerprint density at radius 2 is 2.17 bits per heavy atom. The third-order valence-corrected chi connectivity index (χ3v) is 3.17. The standard InChI is InChI=1S/C14H14ClN3/c1-2-18-12(9-16)8-13(17)14(18)7-10-4-3-5-11(15)6-10/h3-6,8H,2,7,17H2,1H3. The largest absolute Gasteiger partial charge is 0.397 e. The summed E-state index contributed by atoms with van der Waals surface area (Å²) in [6, 6.07) is 11.6. The molecule has 0 fully saturated rings. The number of nitrogens with zero attached hydrogens (tertiary/aromatic N) is 2. The maximum Gasteiger partial charge on any atom is 0.122 e. The Kier molecular flexibility index (Phi) is 3.59. The van der Waals surface area contributed by atoms with Crippen molar-refractivity contribution < 1.29 is 0 Å². The van der Waals surface area contributed by atoms with Gasteiger partial charge in [0.15, 0.2) is 0 Å². The maximum absolute atomic E-state index is 9.05. The van der Waals surface area contributed by atoms with Gasteiger partial charge in [-0.2, -0.15) is 5.26 Å². The van der Waals surface area contributed by atoms with Crippen LogP contribution in [0.15, 0.2) is 30.3 Å². The molecule has 0 amide bonds. The van der Waals surface area contributed by atoms with Crippen LogP contribution in [0.25, 0.3) is 0 Å². The molecule has 1 aromatic carbocycles. The molecule has 2 aromatic rings. The number of benzene rings is 1. The Hall–Kier alpha value is -1.92. The van der Waals surface area contributed by atoms with Gasteiger partial charge < -0.3 is 10.3 Å². The van der Waals surface area contributed by atoms with Crippen molar-refractivity contribution in [2.24, 2.45) is 0 Å². The number of nitrogen functional groups attached to an aromatic ring is 1. The van der Waals surface area contributed by atoms with Crippen LogP contribution in [0.4, 0.5) is 5.69 Å². The van der Waals surface area contributed by atoms with Crippen molar-refractivity contribution >= 4 is 17.3 Å². The quantitative estimate of drug-likeness (QED) is 0.920. The lowest BCUT2D eigenvalue weighted by atomic mass is 10.1. The molecule has 2 N–H and O–H groups in total. The summed E-state index contributed by atoms with van der Waals surface area (Å²) in [7, 11) is 0. The Morgan fingerprint density at radius 1 is 1.39 bits per heavy atom. The normalized spacial score (nSPS) is 10.3. The number of hydrogen-bond donors (Lipinski definition) is 1. The van der Waals surface area contributed by atoms with E-state index in [0.717, 1.165) is 17.8 Å². The second-order valence-corrected chi connectivity index (χ2v) is 4.53. The van der Waals surface area contributed by atoms with Gasteiger partial charge in [-0.05, 0) is 30.7 Å². The third kappa shape index (κ3) is 2.34. The lowest BCUT2D eigenvalue weighted by molar-refractivity contribution is 0.719. The van der Waals surface area contributed by atoms with Gasteiger partial charge in [0.25, 0.3) is 0 Å². The highest BCUT2D eigenvalue weighted by atomic mass is 35.5. The van der Waals surface area contributed by atoms with Gasteiger partial charge in [-0.25, -0.2) is 0 Å². The molecule has 1 heterocycles. The molecule has 2 rings (SSSR count). The van der Waals surface area contributed by atoms with E-state index < -0.39 is 0 Å². The summed E-state index contributed by atoms with van der Waals surface area (Å²) >= 11 is 5.97. The Bertz CT molecular complexity index is 608. The molecule has 1 aromatic heterocycles. The second-order valence-electron chi connectivity index (χ2n) is 4.09. The van der Waals surface area contributed by atoms with E-state index in [1.165, 1.54) is 0 Å². The monoisotopic (exact) mass is 259 g/mol. The van der Waals surface area contributed by atoms with E-state index in [4.69, 9.17) is 22.6 Å². The molecular formula is C14H14ClN3. The molecule has 3 nitrogen and oxygen atoms in total. The molecule has 92 valence electrons. The molecule has 0 unspecified atom stereocenters. The fourth-order valence-electron chi connectivity index (χ4n) is 2.10. The summed E-state index contributed by atoms with van der Waals surface area (Å²) < 4.78 is 1.94. The Labute approximate surface area is 111 Å². The third-order valence-electron chi connectivity index (χ3n) is 2.93. The molecule has 18 heavy (non-hydrogen) atoms. The fourth-order valence-corrected chi connectivity index (χ4v) is 2.31. The van der Waals surface area contributed by atoms with Gasteiger partial charge in [-0.3, -0.25) is 0 Å². The number of halogens is 1. The summed E-state index contributed by atoms with van der Waals surface area (Å²) in [5.41, 5.74) is 9.30. The number of hydrogen-bond acceptors (Lipinski definition) is 2. The first-order valence-corrected chi connectivity index (χ1v) is 6.16. The molecule has 0 aliphatic carbocycles. The second kappa shape index (κ2) is 5.16. The summed E-state index contributed by atoms with van der Waals surface area (Å²) in [6.45, 7) is 2.73. The number of nitrogens with two attached hydrogens (primary N) is 1. The SMILES string of the molecule is CCn1c(C#N)cc(N)c1Cc1cccc(Cl)c1. The molecule has 0 aliphatic heterocycles. The van der Waals surface area contributed by atoms with Crippen LogP contribution in [0, 0.1) is 11.3 Å². The number of aromatic nitrogens is 1. The van der Waals surface area contributed by atoms with Crippen molar-refractivity contribution in [3.63, 3.8) is 0 Å². The number of nitriles is 1. The summed E-state index contributed by atoms with van der Waals surface area (Å²) in [5.74, 6) is 0. The van der Waals surface area contributed by atoms with Gasteiger partial charge in [-0.15, -0.1) is 0 Å². The van der Waals surface area contributed by atoms with E-state index in [9.17, 15) is 0 Å². The average Bonchev–Trinajstić information content (AvgIpc) is 2.66. The topological polar surface area (TPSA) is 54.7 Å². The molecular weight excluding hydrogens is 246 g/mol. The van der Waals surface area contributed by atoms with Gasteiger partial charge in [0.05, 0.1) is 5.69 Å². The first-order valence-electron chi connectivity index (χ1n) is 5.78. The van der Waals surface area contributed by atoms with Crippen LogP contribution in [0.2, 0.25) is 5.02 Å². The molecule has 0 bridgehead atoms. The minimum atomic E-state index is 0.604. The smallest absolute Gasteiger partial charge is 0.122 e. The molecule has 0 saturated heterocycles. The first kappa shape index (κ1) is 12.5. The zero-order valence-corrected chi connectivity index (χ0v) is 10.9. The van der Waals surface area contributed by atoms with Crippen LogP contribution < -0.4 is 5.73 Å². The Balaban J connectivity index is 2.40. The van der Waals surface area contributed by atoms with Crippen LogP contribution in [0.3, 0.4) is 0 Å². The lowest BCUT2D eigenvalue weighted by Gasteiger charge is -2.09. The lowest BCUT2D eigenvalue weighted by Crippen LogP contribution is -2.05. The van der Waals surface area contributed by atoms with Crippen molar-refractivity contribution in [1.82, 2.24) is 4.57 Å². The van der Waals surface area contributed by atoms with E-state index >= 15 is 0 Å². The predicted octanol–water partition coefficient (Wildman–Crippen LogP) is 3.21. The predicted molar refractivity (Wildman–Crippen MR) is 73.5 cm³/mol. The highest BCUT2D eigenvalue weighted by molar-refractivity contribution is 6.30. The van der Waals surface area contributed by atoms with Crippen LogP contribution in [-0.2, 0) is 13.0 Å². The van der Waals surface area contributed by atoms with Crippen molar-refractivity contribution in [1.29, 1.82) is 5.26 Å². The zero-order valence-electron chi connectivity index (χ0n) is 10.2. The van der Waals surface area contributed by atoms with E-state index in [1.54, 1.807) is 6.07 Å². The zero-order chi connectivity index (χ0) is 13.1. The highest BCUT2D eigenvalue weighted by Crippen LogP contribution is 2.22. The van der Waals surface area contributed by atoms with Crippen molar-refractivity contribution in [3.8, 4) is 6.07 Å². The highest BCUT2D eigenvalue weighted by Gasteiger charge is 2.12. The van der Waals surface area contributed by atoms with Gasteiger partial charge >= 0.3 is 0 Å². The summed E-state index contributed by atoms with van der Waals surface area (Å²) in [4.78, 5) is 0. The molecule has 0 aliphatic rings. The molecule has 0 atom stereocenters. The number of rotatable bonds is 3. The van der Waals surface area contributed by atoms with Crippen LogP contribution >= 0.6 is 11.6 Å². The average molecular weight is 260 g/mol. The van der Waals surface area contributed by atoms with E-state index in [2.05, 4.69) is 6.07 Å². The molecule has 0 spiro atoms. The van der Waals surface area contributed by atoms with Crippen LogP contribution in [0.5, 0.6) is 0 Å². The first-order chi connectivity index (χ1) is 8.65. The molecule has 0 radical (unpaired) electrons. The molecule has 0 saturated carbocycles. The van der Waals surface area contributed by atoms with Crippen molar-refractivity contribution in [2.45, 2.75) is 19.9 Å². The van der Waals surface area contributed by atoms with E-state index in [0.29, 0.717) is 22.8 Å². The summed E-state index contributed by atoms with van der Waals surface area (Å²) in [6.07, 6.45) is 0.682. The minimum Gasteiger partial charge on any atom is -0.397 e.